The smallest absolute Gasteiger partial charge is 0.394 e. The summed E-state index contributed by atoms with van der Waals surface area (Å²) in [5, 5.41) is 9.21. The number of aliphatic hydroxyl groups excluding tert-OH is 1. The molecule has 110 valence electrons. The number of fused-ring (bicyclic) bond motifs is 1. The van der Waals surface area contributed by atoms with E-state index < -0.39 is 44.7 Å². The summed E-state index contributed by atoms with van der Waals surface area (Å²) in [6.45, 7) is -0.446. The molecule has 2 aliphatic heterocycles. The second-order valence-corrected chi connectivity index (χ2v) is 5.76. The standard InChI is InChI=1S/C9H12N3O7P/c10-5-1-2-12(9(14)11-5)8-7-6(4(3-13)17-8)18-20(15,16)19-7/h1-2,4,6-8,13H,3H2,(H,15,16)(H2,10,11,14)/t4-,6+,7+,8+/m0/s1. The van der Waals surface area contributed by atoms with Gasteiger partial charge in [0, 0.05) is 6.20 Å². The molecule has 5 atom stereocenters. The van der Waals surface area contributed by atoms with E-state index in [-0.39, 0.29) is 5.82 Å². The number of rotatable bonds is 2. The Bertz CT molecular complexity index is 634. The predicted octanol–water partition coefficient (Wildman–Crippen LogP) is -1.40. The summed E-state index contributed by atoms with van der Waals surface area (Å²) in [4.78, 5) is 24.7. The maximum atomic E-state index is 11.8. The molecular weight excluding hydrogens is 293 g/mol. The van der Waals surface area contributed by atoms with E-state index in [0.717, 1.165) is 4.57 Å². The maximum absolute atomic E-state index is 11.8. The van der Waals surface area contributed by atoms with Crippen LogP contribution in [0.15, 0.2) is 17.1 Å². The van der Waals surface area contributed by atoms with Crippen LogP contribution in [0.25, 0.3) is 0 Å². The van der Waals surface area contributed by atoms with Crippen molar-refractivity contribution < 1.29 is 28.3 Å². The lowest BCUT2D eigenvalue weighted by molar-refractivity contribution is -0.0624. The van der Waals surface area contributed by atoms with E-state index in [4.69, 9.17) is 19.5 Å². The molecule has 0 radical (unpaired) electrons. The van der Waals surface area contributed by atoms with Gasteiger partial charge < -0.3 is 20.5 Å². The van der Waals surface area contributed by atoms with Gasteiger partial charge in [-0.2, -0.15) is 4.98 Å². The third kappa shape index (κ3) is 2.16. The van der Waals surface area contributed by atoms with E-state index in [2.05, 4.69) is 4.98 Å². The summed E-state index contributed by atoms with van der Waals surface area (Å²) in [6, 6.07) is 1.38. The third-order valence-electron chi connectivity index (χ3n) is 3.10. The summed E-state index contributed by atoms with van der Waals surface area (Å²) in [7, 11) is -4.21. The van der Waals surface area contributed by atoms with Crippen LogP contribution in [0.1, 0.15) is 6.23 Å². The topological polar surface area (TPSA) is 146 Å². The number of ether oxygens (including phenoxy) is 1. The maximum Gasteiger partial charge on any atom is 0.473 e. The molecule has 2 saturated heterocycles. The Hall–Kier alpha value is -1.29. The average Bonchev–Trinajstić information content (AvgIpc) is 2.83. The molecule has 2 aliphatic rings. The van der Waals surface area contributed by atoms with Gasteiger partial charge in [0.05, 0.1) is 6.61 Å². The zero-order chi connectivity index (χ0) is 14.5. The van der Waals surface area contributed by atoms with E-state index in [1.165, 1.54) is 12.3 Å². The molecule has 1 aromatic heterocycles. The van der Waals surface area contributed by atoms with Crippen LogP contribution in [0, 0.1) is 0 Å². The number of aromatic nitrogens is 2. The van der Waals surface area contributed by atoms with Crippen LogP contribution in [0.5, 0.6) is 0 Å². The van der Waals surface area contributed by atoms with Gasteiger partial charge in [-0.3, -0.25) is 13.6 Å². The van der Waals surface area contributed by atoms with E-state index in [0.29, 0.717) is 0 Å². The van der Waals surface area contributed by atoms with E-state index >= 15 is 0 Å². The minimum Gasteiger partial charge on any atom is -0.394 e. The first-order valence-electron chi connectivity index (χ1n) is 5.72. The van der Waals surface area contributed by atoms with Crippen LogP contribution in [0.2, 0.25) is 0 Å². The lowest BCUT2D eigenvalue weighted by atomic mass is 10.1. The first kappa shape index (κ1) is 13.7. The highest BCUT2D eigenvalue weighted by atomic mass is 31.2. The van der Waals surface area contributed by atoms with Gasteiger partial charge in [-0.15, -0.1) is 0 Å². The van der Waals surface area contributed by atoms with Crippen molar-refractivity contribution in [1.29, 1.82) is 0 Å². The Morgan fingerprint density at radius 2 is 2.15 bits per heavy atom. The van der Waals surface area contributed by atoms with Gasteiger partial charge in [0.15, 0.2) is 6.23 Å². The lowest BCUT2D eigenvalue weighted by Crippen LogP contribution is -2.34. The minimum atomic E-state index is -4.21. The van der Waals surface area contributed by atoms with Crippen LogP contribution >= 0.6 is 7.82 Å². The number of phosphoric ester groups is 1. The van der Waals surface area contributed by atoms with Crippen LogP contribution in [-0.2, 0) is 18.3 Å². The second kappa shape index (κ2) is 4.62. The highest BCUT2D eigenvalue weighted by Gasteiger charge is 2.57. The Morgan fingerprint density at radius 1 is 1.45 bits per heavy atom. The highest BCUT2D eigenvalue weighted by Crippen LogP contribution is 2.58. The molecule has 10 nitrogen and oxygen atoms in total. The van der Waals surface area contributed by atoms with Gasteiger partial charge in [0.1, 0.15) is 24.1 Å². The fourth-order valence-electron chi connectivity index (χ4n) is 2.27. The summed E-state index contributed by atoms with van der Waals surface area (Å²) >= 11 is 0. The molecule has 3 rings (SSSR count). The monoisotopic (exact) mass is 305 g/mol. The van der Waals surface area contributed by atoms with Gasteiger partial charge in [-0.05, 0) is 6.07 Å². The number of nitrogen functional groups attached to an aromatic ring is 1. The minimum absolute atomic E-state index is 0.0379. The van der Waals surface area contributed by atoms with Crippen molar-refractivity contribution in [2.75, 3.05) is 12.3 Å². The Labute approximate surface area is 112 Å². The second-order valence-electron chi connectivity index (χ2n) is 4.40. The highest BCUT2D eigenvalue weighted by molar-refractivity contribution is 7.47. The molecule has 0 amide bonds. The number of nitrogens with two attached hydrogens (primary N) is 1. The molecular formula is C9H12N3O7P. The summed E-state index contributed by atoms with van der Waals surface area (Å²) in [6.07, 6.45) is -2.51. The van der Waals surface area contributed by atoms with Crippen LogP contribution in [0.4, 0.5) is 5.82 Å². The van der Waals surface area contributed by atoms with Crippen molar-refractivity contribution >= 4 is 13.6 Å². The van der Waals surface area contributed by atoms with Gasteiger partial charge >= 0.3 is 13.5 Å². The quantitative estimate of drug-likeness (QED) is 0.561. The van der Waals surface area contributed by atoms with E-state index in [1.54, 1.807) is 0 Å². The van der Waals surface area contributed by atoms with Crippen LogP contribution in [0.3, 0.4) is 0 Å². The summed E-state index contributed by atoms with van der Waals surface area (Å²) < 4.78 is 27.7. The lowest BCUT2D eigenvalue weighted by Gasteiger charge is -2.18. The first-order chi connectivity index (χ1) is 9.41. The number of phosphoric acid groups is 1. The Kier molecular flexibility index (Phi) is 3.16. The normalized spacial score (nSPS) is 39.9. The molecule has 20 heavy (non-hydrogen) atoms. The van der Waals surface area contributed by atoms with Gasteiger partial charge in [0.2, 0.25) is 0 Å². The SMILES string of the molecule is Nc1ccn([C@@H]2O[C@@H](CO)[C@H]3OP(=O)(O)O[C@H]32)c(=O)n1. The molecule has 2 fully saturated rings. The average molecular weight is 305 g/mol. The number of aliphatic hydroxyl groups is 1. The molecule has 0 aliphatic carbocycles. The molecule has 0 saturated carbocycles. The molecule has 0 aromatic carbocycles. The van der Waals surface area contributed by atoms with E-state index in [9.17, 15) is 19.4 Å². The van der Waals surface area contributed by atoms with Gasteiger partial charge in [-0.1, -0.05) is 0 Å². The van der Waals surface area contributed by atoms with E-state index in [1.807, 2.05) is 0 Å². The fourth-order valence-corrected chi connectivity index (χ4v) is 3.42. The number of hydrogen-bond donors (Lipinski definition) is 3. The van der Waals surface area contributed by atoms with Crippen LogP contribution in [-0.4, -0.2) is 44.5 Å². The molecule has 11 heteroatoms. The molecule has 4 N–H and O–H groups in total. The van der Waals surface area contributed by atoms with Crippen molar-refractivity contribution in [3.8, 4) is 0 Å². The Morgan fingerprint density at radius 3 is 2.80 bits per heavy atom. The summed E-state index contributed by atoms with van der Waals surface area (Å²) in [5.74, 6) is 0.0379. The van der Waals surface area contributed by atoms with Crippen molar-refractivity contribution in [2.45, 2.75) is 24.5 Å². The largest absolute Gasteiger partial charge is 0.473 e. The predicted molar refractivity (Wildman–Crippen MR) is 63.5 cm³/mol. The number of nitrogens with zero attached hydrogens (tertiary/aromatic N) is 2. The first-order valence-corrected chi connectivity index (χ1v) is 7.21. The molecule has 3 heterocycles. The van der Waals surface area contributed by atoms with Crippen molar-refractivity contribution in [3.63, 3.8) is 0 Å². The molecule has 1 aromatic rings. The fraction of sp³-hybridized carbons (Fsp3) is 0.556. The van der Waals surface area contributed by atoms with Gasteiger partial charge in [0.25, 0.3) is 0 Å². The van der Waals surface area contributed by atoms with Crippen molar-refractivity contribution in [3.05, 3.63) is 22.7 Å². The Balaban J connectivity index is 1.98. The zero-order valence-electron chi connectivity index (χ0n) is 10.0. The van der Waals surface area contributed by atoms with Crippen molar-refractivity contribution in [1.82, 2.24) is 9.55 Å². The zero-order valence-corrected chi connectivity index (χ0v) is 10.9. The van der Waals surface area contributed by atoms with Gasteiger partial charge in [-0.25, -0.2) is 9.36 Å². The molecule has 0 spiro atoms. The number of hydrogen-bond acceptors (Lipinski definition) is 8. The molecule has 0 bridgehead atoms. The summed E-state index contributed by atoms with van der Waals surface area (Å²) in [5.41, 5.74) is 4.69. The van der Waals surface area contributed by atoms with Crippen molar-refractivity contribution in [2.24, 2.45) is 0 Å². The third-order valence-corrected chi connectivity index (χ3v) is 4.12. The molecule has 1 unspecified atom stereocenters. The van der Waals surface area contributed by atoms with Crippen LogP contribution < -0.4 is 11.4 Å². The number of anilines is 1.